The Bertz CT molecular complexity index is 1470. The fourth-order valence-electron chi connectivity index (χ4n) is 5.54. The molecule has 3 heterocycles. The number of alkyl halides is 3. The molecule has 0 aliphatic carbocycles. The van der Waals surface area contributed by atoms with Crippen molar-refractivity contribution >= 4 is 34.4 Å². The van der Waals surface area contributed by atoms with Crippen LogP contribution in [0, 0.1) is 5.82 Å². The molecule has 2 atom stereocenters. The van der Waals surface area contributed by atoms with Crippen molar-refractivity contribution in [3.8, 4) is 11.1 Å². The van der Waals surface area contributed by atoms with E-state index in [1.165, 1.54) is 34.5 Å². The van der Waals surface area contributed by atoms with E-state index in [9.17, 15) is 27.2 Å². The van der Waals surface area contributed by atoms with Crippen LogP contribution in [0.5, 0.6) is 0 Å². The summed E-state index contributed by atoms with van der Waals surface area (Å²) in [6, 6.07) is 5.42. The average molecular weight is 547 g/mol. The number of rotatable bonds is 3. The maximum atomic E-state index is 14.6. The molecule has 0 N–H and O–H groups in total. The highest BCUT2D eigenvalue weighted by Crippen LogP contribution is 2.48. The van der Waals surface area contributed by atoms with Crippen molar-refractivity contribution in [1.82, 2.24) is 14.5 Å². The number of benzene rings is 2. The van der Waals surface area contributed by atoms with Gasteiger partial charge in [0, 0.05) is 47.6 Å². The number of amides is 1. The highest BCUT2D eigenvalue weighted by Gasteiger charge is 2.39. The van der Waals surface area contributed by atoms with Gasteiger partial charge in [0.2, 0.25) is 5.91 Å². The van der Waals surface area contributed by atoms with Crippen LogP contribution in [-0.4, -0.2) is 51.3 Å². The van der Waals surface area contributed by atoms with Crippen LogP contribution >= 0.6 is 11.8 Å². The first-order valence-corrected chi connectivity index (χ1v) is 13.3. The Hall–Kier alpha value is -3.34. The van der Waals surface area contributed by atoms with E-state index >= 15 is 0 Å². The Morgan fingerprint density at radius 3 is 2.42 bits per heavy atom. The molecule has 1 saturated heterocycles. The minimum Gasteiger partial charge on any atom is -0.352 e. The molecule has 5 rings (SSSR count). The number of hydrogen-bond acceptors (Lipinski definition) is 5. The SMILES string of the molecule is C=CC(=O)N1C(C)CN(c2nc(=O)n3c4c(c(-c5ccc(F)cc5)c(C(F)(F)F)cc24)SCCC3)CC1C. The van der Waals surface area contributed by atoms with Crippen LogP contribution in [-0.2, 0) is 17.5 Å². The normalized spacial score (nSPS) is 19.9. The Balaban J connectivity index is 1.79. The molecule has 2 aliphatic rings. The number of carbonyl (C=O) groups excluding carboxylic acids is 1. The fourth-order valence-corrected chi connectivity index (χ4v) is 6.75. The number of thioether (sulfide) groups is 1. The third kappa shape index (κ3) is 4.46. The first-order valence-electron chi connectivity index (χ1n) is 12.3. The van der Waals surface area contributed by atoms with E-state index in [2.05, 4.69) is 11.6 Å². The van der Waals surface area contributed by atoms with E-state index < -0.39 is 23.2 Å². The van der Waals surface area contributed by atoms with Gasteiger partial charge in [0.05, 0.1) is 11.1 Å². The van der Waals surface area contributed by atoms with E-state index in [-0.39, 0.29) is 40.3 Å². The van der Waals surface area contributed by atoms with Gasteiger partial charge in [0.25, 0.3) is 0 Å². The molecule has 2 unspecified atom stereocenters. The molecule has 11 heteroatoms. The standard InChI is InChI=1S/C27H26F4N4O2S/c1-4-21(36)35-15(2)13-33(14-16(35)3)25-19-12-20(27(29,30)31)22(17-6-8-18(28)9-7-17)24-23(19)34(26(37)32-25)10-5-11-38-24/h4,6-9,12,15-16H,1,5,10-11,13-14H2,2-3H3. The summed E-state index contributed by atoms with van der Waals surface area (Å²) >= 11 is 1.27. The molecule has 0 spiro atoms. The maximum absolute atomic E-state index is 14.6. The summed E-state index contributed by atoms with van der Waals surface area (Å²) in [4.78, 5) is 33.8. The first kappa shape index (κ1) is 26.3. The summed E-state index contributed by atoms with van der Waals surface area (Å²) in [5.41, 5.74) is -0.840. The largest absolute Gasteiger partial charge is 0.417 e. The van der Waals surface area contributed by atoms with Gasteiger partial charge in [0.1, 0.15) is 11.6 Å². The summed E-state index contributed by atoms with van der Waals surface area (Å²) in [5, 5.41) is 0.232. The van der Waals surface area contributed by atoms with Gasteiger partial charge in [0.15, 0.2) is 0 Å². The number of anilines is 1. The summed E-state index contributed by atoms with van der Waals surface area (Å²) in [6.07, 6.45) is -2.89. The lowest BCUT2D eigenvalue weighted by Crippen LogP contribution is -2.58. The van der Waals surface area contributed by atoms with Crippen molar-refractivity contribution in [2.75, 3.05) is 23.7 Å². The van der Waals surface area contributed by atoms with Crippen molar-refractivity contribution in [1.29, 1.82) is 0 Å². The predicted octanol–water partition coefficient (Wildman–Crippen LogP) is 5.33. The third-order valence-electron chi connectivity index (χ3n) is 7.06. The fraction of sp³-hybridized carbons (Fsp3) is 0.370. The molecule has 6 nitrogen and oxygen atoms in total. The zero-order chi connectivity index (χ0) is 27.4. The minimum absolute atomic E-state index is 0.0645. The number of hydrogen-bond donors (Lipinski definition) is 0. The molecule has 1 aromatic heterocycles. The third-order valence-corrected chi connectivity index (χ3v) is 8.24. The molecule has 38 heavy (non-hydrogen) atoms. The summed E-state index contributed by atoms with van der Waals surface area (Å²) in [5.74, 6) is -0.101. The molecule has 1 amide bonds. The van der Waals surface area contributed by atoms with Crippen molar-refractivity contribution in [2.24, 2.45) is 0 Å². The number of nitrogens with zero attached hydrogens (tertiary/aromatic N) is 4. The van der Waals surface area contributed by atoms with Crippen LogP contribution < -0.4 is 10.6 Å². The molecule has 200 valence electrons. The zero-order valence-electron chi connectivity index (χ0n) is 20.9. The van der Waals surface area contributed by atoms with E-state index in [4.69, 9.17) is 0 Å². The van der Waals surface area contributed by atoms with Crippen LogP contribution in [0.3, 0.4) is 0 Å². The van der Waals surface area contributed by atoms with Gasteiger partial charge in [-0.25, -0.2) is 9.18 Å². The highest BCUT2D eigenvalue weighted by molar-refractivity contribution is 7.99. The van der Waals surface area contributed by atoms with Crippen LogP contribution in [0.25, 0.3) is 22.0 Å². The van der Waals surface area contributed by atoms with Gasteiger partial charge in [-0.3, -0.25) is 9.36 Å². The quantitative estimate of drug-likeness (QED) is 0.329. The summed E-state index contributed by atoms with van der Waals surface area (Å²) in [6.45, 7) is 8.15. The lowest BCUT2D eigenvalue weighted by Gasteiger charge is -2.44. The Morgan fingerprint density at radius 1 is 1.16 bits per heavy atom. The second-order valence-corrected chi connectivity index (χ2v) is 10.8. The van der Waals surface area contributed by atoms with Gasteiger partial charge >= 0.3 is 11.9 Å². The molecule has 2 aromatic carbocycles. The predicted molar refractivity (Wildman–Crippen MR) is 140 cm³/mol. The van der Waals surface area contributed by atoms with Crippen LogP contribution in [0.1, 0.15) is 25.8 Å². The second-order valence-electron chi connectivity index (χ2n) is 9.65. The van der Waals surface area contributed by atoms with Gasteiger partial charge in [-0.15, -0.1) is 11.8 Å². The smallest absolute Gasteiger partial charge is 0.352 e. The molecule has 1 fully saturated rings. The van der Waals surface area contributed by atoms with Gasteiger partial charge in [-0.05, 0) is 55.9 Å². The molecule has 3 aromatic rings. The van der Waals surface area contributed by atoms with Gasteiger partial charge in [-0.2, -0.15) is 18.2 Å². The van der Waals surface area contributed by atoms with E-state index in [0.717, 1.165) is 18.2 Å². The lowest BCUT2D eigenvalue weighted by molar-refractivity contribution is -0.137. The Kier molecular flexibility index (Phi) is 6.75. The Labute approximate surface area is 220 Å². The van der Waals surface area contributed by atoms with Crippen LogP contribution in [0.2, 0.25) is 0 Å². The molecular formula is C27H26F4N4O2S. The van der Waals surface area contributed by atoms with Crippen molar-refractivity contribution in [2.45, 2.75) is 50.0 Å². The number of halogens is 4. The zero-order valence-corrected chi connectivity index (χ0v) is 21.7. The van der Waals surface area contributed by atoms with Gasteiger partial charge in [-0.1, -0.05) is 18.7 Å². The maximum Gasteiger partial charge on any atom is 0.417 e. The first-order chi connectivity index (χ1) is 18.0. The average Bonchev–Trinajstić information content (AvgIpc) is 3.09. The van der Waals surface area contributed by atoms with Gasteiger partial charge < -0.3 is 9.80 Å². The topological polar surface area (TPSA) is 58.4 Å². The minimum atomic E-state index is -4.71. The monoisotopic (exact) mass is 546 g/mol. The molecule has 0 radical (unpaired) electrons. The Morgan fingerprint density at radius 2 is 1.82 bits per heavy atom. The summed E-state index contributed by atoms with van der Waals surface area (Å²) in [7, 11) is 0. The van der Waals surface area contributed by atoms with Crippen LogP contribution in [0.4, 0.5) is 23.4 Å². The lowest BCUT2D eigenvalue weighted by atomic mass is 9.96. The second kappa shape index (κ2) is 9.76. The molecule has 0 saturated carbocycles. The number of aromatic nitrogens is 2. The van der Waals surface area contributed by atoms with Crippen molar-refractivity contribution in [3.05, 3.63) is 64.9 Å². The molecule has 2 aliphatic heterocycles. The van der Waals surface area contributed by atoms with Crippen LogP contribution in [0.15, 0.2) is 52.7 Å². The van der Waals surface area contributed by atoms with Crippen molar-refractivity contribution in [3.63, 3.8) is 0 Å². The highest BCUT2D eigenvalue weighted by atomic mass is 32.2. The van der Waals surface area contributed by atoms with Crippen molar-refractivity contribution < 1.29 is 22.4 Å². The summed E-state index contributed by atoms with van der Waals surface area (Å²) < 4.78 is 58.9. The van der Waals surface area contributed by atoms with E-state index in [1.807, 2.05) is 13.8 Å². The van der Waals surface area contributed by atoms with E-state index in [0.29, 0.717) is 42.2 Å². The molecular weight excluding hydrogens is 520 g/mol. The number of carbonyl (C=O) groups is 1. The molecule has 0 bridgehead atoms. The number of piperazine rings is 1. The van der Waals surface area contributed by atoms with E-state index in [1.54, 1.807) is 9.80 Å². The number of aryl methyl sites for hydroxylation is 1.